The van der Waals surface area contributed by atoms with Gasteiger partial charge in [-0.3, -0.25) is 4.79 Å². The van der Waals surface area contributed by atoms with Gasteiger partial charge < -0.3 is 30.0 Å². The molecule has 1 saturated heterocycles. The third-order valence-corrected chi connectivity index (χ3v) is 4.31. The highest BCUT2D eigenvalue weighted by Gasteiger charge is 2.08. The van der Waals surface area contributed by atoms with Crippen LogP contribution in [0.3, 0.4) is 0 Å². The van der Waals surface area contributed by atoms with E-state index in [9.17, 15) is 8.78 Å². The van der Waals surface area contributed by atoms with Crippen molar-refractivity contribution in [1.82, 2.24) is 15.6 Å². The van der Waals surface area contributed by atoms with E-state index < -0.39 is 6.61 Å². The molecule has 0 radical (unpaired) electrons. The lowest BCUT2D eigenvalue weighted by Crippen LogP contribution is -2.11. The summed E-state index contributed by atoms with van der Waals surface area (Å²) in [7, 11) is 1.79. The van der Waals surface area contributed by atoms with Crippen LogP contribution in [0.25, 0.3) is 11.3 Å². The number of β-amino-alcohol motifs (C(OH)–C–C–N with tert-alkyl or cyclic N) is 1. The van der Waals surface area contributed by atoms with Crippen molar-refractivity contribution in [3.63, 3.8) is 0 Å². The van der Waals surface area contributed by atoms with Gasteiger partial charge in [0.05, 0.1) is 12.3 Å². The summed E-state index contributed by atoms with van der Waals surface area (Å²) in [6, 6.07) is 14.8. The van der Waals surface area contributed by atoms with Gasteiger partial charge in [0.25, 0.3) is 6.47 Å². The van der Waals surface area contributed by atoms with Crippen LogP contribution in [0.4, 0.5) is 8.78 Å². The van der Waals surface area contributed by atoms with Crippen LogP contribution in [-0.4, -0.2) is 54.5 Å². The van der Waals surface area contributed by atoms with Gasteiger partial charge in [-0.1, -0.05) is 42.0 Å². The summed E-state index contributed by atoms with van der Waals surface area (Å²) in [5.41, 5.74) is 3.23. The molecule has 8 nitrogen and oxygen atoms in total. The predicted octanol–water partition coefficient (Wildman–Crippen LogP) is 3.70. The Bertz CT molecular complexity index is 903. The summed E-state index contributed by atoms with van der Waals surface area (Å²) in [4.78, 5) is 12.2. The largest absolute Gasteiger partial charge is 0.483 e. The first kappa shape index (κ1) is 28.7. The number of ether oxygens (including phenoxy) is 1. The molecule has 1 unspecified atom stereocenters. The number of alkyl halides is 2. The zero-order chi connectivity index (χ0) is 25.2. The van der Waals surface area contributed by atoms with Crippen LogP contribution >= 0.6 is 0 Å². The lowest BCUT2D eigenvalue weighted by atomic mass is 10.1. The van der Waals surface area contributed by atoms with Crippen LogP contribution in [0.2, 0.25) is 0 Å². The van der Waals surface area contributed by atoms with E-state index in [4.69, 9.17) is 19.4 Å². The summed E-state index contributed by atoms with van der Waals surface area (Å²) in [5, 5.41) is 21.5. The fourth-order valence-corrected chi connectivity index (χ4v) is 2.75. The Kier molecular flexibility index (Phi) is 14.5. The normalized spacial score (nSPS) is 14.0. The zero-order valence-electron chi connectivity index (χ0n) is 19.2. The summed E-state index contributed by atoms with van der Waals surface area (Å²) in [6.07, 6.45) is 4.02. The van der Waals surface area contributed by atoms with Gasteiger partial charge in [0.15, 0.2) is 12.2 Å². The molecule has 2 aromatic carbocycles. The molecule has 1 atom stereocenters. The van der Waals surface area contributed by atoms with E-state index in [1.54, 1.807) is 25.4 Å². The Labute approximate surface area is 197 Å². The smallest absolute Gasteiger partial charge is 0.387 e. The van der Waals surface area contributed by atoms with Gasteiger partial charge in [-0.2, -0.15) is 8.78 Å². The van der Waals surface area contributed by atoms with Crippen molar-refractivity contribution in [2.45, 2.75) is 32.6 Å². The topological polar surface area (TPSA) is 117 Å². The van der Waals surface area contributed by atoms with E-state index in [2.05, 4.69) is 39.4 Å². The van der Waals surface area contributed by atoms with E-state index in [1.807, 2.05) is 18.2 Å². The second kappa shape index (κ2) is 17.2. The lowest BCUT2D eigenvalue weighted by molar-refractivity contribution is -0.122. The number of oxazole rings is 1. The van der Waals surface area contributed by atoms with Crippen LogP contribution in [0.15, 0.2) is 65.5 Å². The van der Waals surface area contributed by atoms with Gasteiger partial charge in [-0.25, -0.2) is 4.98 Å². The minimum Gasteiger partial charge on any atom is -0.483 e. The van der Waals surface area contributed by atoms with Gasteiger partial charge >= 0.3 is 6.61 Å². The molecular weight excluding hydrogens is 448 g/mol. The van der Waals surface area contributed by atoms with Crippen LogP contribution in [0.1, 0.15) is 17.5 Å². The van der Waals surface area contributed by atoms with Crippen LogP contribution in [-0.2, 0) is 11.3 Å². The molecule has 0 spiro atoms. The molecular formula is C24H31F2N3O5. The molecule has 0 saturated carbocycles. The van der Waals surface area contributed by atoms with Crippen LogP contribution in [0.5, 0.6) is 5.75 Å². The first-order chi connectivity index (χ1) is 16.4. The summed E-state index contributed by atoms with van der Waals surface area (Å²) in [6.45, 7) is 1.47. The second-order valence-electron chi connectivity index (χ2n) is 7.04. The van der Waals surface area contributed by atoms with Crippen LogP contribution in [0, 0.1) is 6.92 Å². The minimum absolute atomic E-state index is 0.0648. The van der Waals surface area contributed by atoms with E-state index in [-0.39, 0.29) is 18.3 Å². The summed E-state index contributed by atoms with van der Waals surface area (Å²) >= 11 is 0. The number of aromatic nitrogens is 1. The third kappa shape index (κ3) is 12.6. The number of halogens is 2. The number of aliphatic hydroxyl groups is 1. The molecule has 4 rings (SSSR count). The van der Waals surface area contributed by atoms with Crippen LogP contribution < -0.4 is 15.4 Å². The molecule has 1 aliphatic rings. The zero-order valence-corrected chi connectivity index (χ0v) is 19.2. The molecule has 2 heterocycles. The fourth-order valence-electron chi connectivity index (χ4n) is 2.75. The van der Waals surface area contributed by atoms with Crippen molar-refractivity contribution < 1.29 is 32.9 Å². The maximum Gasteiger partial charge on any atom is 0.387 e. The molecule has 1 aromatic heterocycles. The van der Waals surface area contributed by atoms with Gasteiger partial charge in [0, 0.05) is 18.7 Å². The first-order valence-corrected chi connectivity index (χ1v) is 10.5. The van der Waals surface area contributed by atoms with E-state index in [0.717, 1.165) is 36.4 Å². The van der Waals surface area contributed by atoms with Gasteiger partial charge in [0.1, 0.15) is 5.75 Å². The molecule has 0 bridgehead atoms. The molecule has 10 heteroatoms. The Balaban J connectivity index is 0.000000253. The third-order valence-electron chi connectivity index (χ3n) is 4.31. The number of hydrogen-bond donors (Lipinski definition) is 4. The predicted molar refractivity (Wildman–Crippen MR) is 125 cm³/mol. The Morgan fingerprint density at radius 1 is 1.29 bits per heavy atom. The Morgan fingerprint density at radius 2 is 2.00 bits per heavy atom. The number of carbonyl (C=O) groups is 1. The lowest BCUT2D eigenvalue weighted by Gasteiger charge is -2.05. The maximum absolute atomic E-state index is 11.8. The second-order valence-corrected chi connectivity index (χ2v) is 7.04. The van der Waals surface area contributed by atoms with E-state index in [0.29, 0.717) is 6.54 Å². The molecule has 186 valence electrons. The number of benzene rings is 2. The van der Waals surface area contributed by atoms with Crippen molar-refractivity contribution in [1.29, 1.82) is 0 Å². The summed E-state index contributed by atoms with van der Waals surface area (Å²) in [5.74, 6) is 1.01. The molecule has 0 amide bonds. The highest BCUT2D eigenvalue weighted by molar-refractivity contribution is 5.56. The van der Waals surface area contributed by atoms with Crippen molar-refractivity contribution in [2.24, 2.45) is 0 Å². The van der Waals surface area contributed by atoms with E-state index in [1.165, 1.54) is 18.0 Å². The highest BCUT2D eigenvalue weighted by atomic mass is 19.3. The highest BCUT2D eigenvalue weighted by Crippen LogP contribution is 2.18. The van der Waals surface area contributed by atoms with E-state index >= 15 is 0 Å². The average Bonchev–Trinajstić information content (AvgIpc) is 3.50. The fraction of sp³-hybridized carbons (Fsp3) is 0.333. The quantitative estimate of drug-likeness (QED) is 0.410. The molecule has 0 aliphatic carbocycles. The molecule has 4 N–H and O–H groups in total. The SMILES string of the molecule is CNCc1cccc(OC(F)F)c1.Cc1ccc(-c2cnco2)cc1.O=CO.OC1CCNC1. The van der Waals surface area contributed by atoms with Crippen molar-refractivity contribution >= 4 is 6.47 Å². The average molecular weight is 480 g/mol. The number of nitrogens with one attached hydrogen (secondary N) is 2. The van der Waals surface area contributed by atoms with Gasteiger partial charge in [0.2, 0.25) is 0 Å². The van der Waals surface area contributed by atoms with Crippen molar-refractivity contribution in [3.8, 4) is 17.1 Å². The molecule has 34 heavy (non-hydrogen) atoms. The van der Waals surface area contributed by atoms with Crippen molar-refractivity contribution in [2.75, 3.05) is 20.1 Å². The monoisotopic (exact) mass is 479 g/mol. The number of hydrogen-bond acceptors (Lipinski definition) is 7. The molecule has 1 fully saturated rings. The number of aryl methyl sites for hydroxylation is 1. The van der Waals surface area contributed by atoms with Gasteiger partial charge in [-0.15, -0.1) is 0 Å². The van der Waals surface area contributed by atoms with Crippen molar-refractivity contribution in [3.05, 3.63) is 72.2 Å². The first-order valence-electron chi connectivity index (χ1n) is 10.5. The summed E-state index contributed by atoms with van der Waals surface area (Å²) < 4.78 is 33.0. The molecule has 1 aliphatic heterocycles. The Morgan fingerprint density at radius 3 is 2.47 bits per heavy atom. The Hall–Kier alpha value is -3.34. The number of aliphatic hydroxyl groups excluding tert-OH is 1. The van der Waals surface area contributed by atoms with Gasteiger partial charge in [-0.05, 0) is 44.6 Å². The standard InChI is InChI=1S/C10H9NO.C9H11F2NO.C4H9NO.CH2O2/c1-8-2-4-9(5-3-8)10-6-11-7-12-10;1-12-6-7-3-2-4-8(5-7)13-9(10)11;6-4-1-2-5-3-4;2-1-3/h2-7H,1H3;2-5,9,12H,6H2,1H3;4-6H,1-3H2;1H,(H,2,3). The molecule has 3 aromatic rings. The number of rotatable bonds is 5. The number of carboxylic acid groups (broad SMARTS) is 1. The number of nitrogens with zero attached hydrogens (tertiary/aromatic N) is 1. The minimum atomic E-state index is -2.76. The maximum atomic E-state index is 11.8.